The number of rotatable bonds is 4. The highest BCUT2D eigenvalue weighted by molar-refractivity contribution is 9.10. The van der Waals surface area contributed by atoms with Crippen LogP contribution in [0.3, 0.4) is 0 Å². The zero-order valence-corrected chi connectivity index (χ0v) is 18.0. The van der Waals surface area contributed by atoms with Gasteiger partial charge in [-0.05, 0) is 53.8 Å². The first-order valence-electron chi connectivity index (χ1n) is 10.2. The number of aryl methyl sites for hydroxylation is 1. The summed E-state index contributed by atoms with van der Waals surface area (Å²) in [7, 11) is 0. The van der Waals surface area contributed by atoms with E-state index in [1.807, 2.05) is 11.0 Å². The summed E-state index contributed by atoms with van der Waals surface area (Å²) in [5.74, 6) is 0.196. The molecule has 2 aromatic carbocycles. The minimum Gasteiger partial charge on any atom is -0.373 e. The number of halogens is 1. The molecular formula is C23H27BrN2O2. The Morgan fingerprint density at radius 1 is 1.11 bits per heavy atom. The monoisotopic (exact) mass is 442 g/mol. The predicted octanol–water partition coefficient (Wildman–Crippen LogP) is 4.36. The van der Waals surface area contributed by atoms with Gasteiger partial charge in [-0.1, -0.05) is 41.1 Å². The lowest BCUT2D eigenvalue weighted by molar-refractivity contribution is -0.135. The van der Waals surface area contributed by atoms with Crippen molar-refractivity contribution >= 4 is 27.5 Å². The number of fused-ring (bicyclic) bond motifs is 1. The Labute approximate surface area is 175 Å². The molecule has 2 aliphatic heterocycles. The van der Waals surface area contributed by atoms with Crippen LogP contribution in [0.5, 0.6) is 0 Å². The smallest absolute Gasteiger partial charge is 0.225 e. The Kier molecular flexibility index (Phi) is 6.02. The summed E-state index contributed by atoms with van der Waals surface area (Å²) in [5.41, 5.74) is 5.06. The zero-order chi connectivity index (χ0) is 19.5. The van der Waals surface area contributed by atoms with Crippen molar-refractivity contribution in [3.63, 3.8) is 0 Å². The number of nitrogens with zero attached hydrogens (tertiary/aromatic N) is 2. The van der Waals surface area contributed by atoms with Gasteiger partial charge in [0, 0.05) is 36.3 Å². The van der Waals surface area contributed by atoms with E-state index in [0.717, 1.165) is 49.1 Å². The average Bonchev–Trinajstić information content (AvgIpc) is 2.74. The van der Waals surface area contributed by atoms with Gasteiger partial charge in [-0.2, -0.15) is 0 Å². The van der Waals surface area contributed by atoms with Gasteiger partial charge in [-0.15, -0.1) is 0 Å². The largest absolute Gasteiger partial charge is 0.373 e. The Morgan fingerprint density at radius 3 is 2.57 bits per heavy atom. The van der Waals surface area contributed by atoms with Crippen molar-refractivity contribution < 1.29 is 9.53 Å². The molecule has 1 saturated heterocycles. The van der Waals surface area contributed by atoms with Gasteiger partial charge < -0.3 is 14.5 Å². The van der Waals surface area contributed by atoms with Crippen molar-refractivity contribution in [2.24, 2.45) is 0 Å². The second-order valence-corrected chi connectivity index (χ2v) is 8.46. The Balaban J connectivity index is 1.34. The van der Waals surface area contributed by atoms with Crippen LogP contribution in [0.25, 0.3) is 0 Å². The van der Waals surface area contributed by atoms with E-state index in [-0.39, 0.29) is 12.0 Å². The highest BCUT2D eigenvalue weighted by Crippen LogP contribution is 2.32. The lowest BCUT2D eigenvalue weighted by Gasteiger charge is -2.37. The van der Waals surface area contributed by atoms with Crippen molar-refractivity contribution in [2.75, 3.05) is 37.7 Å². The van der Waals surface area contributed by atoms with Crippen LogP contribution in [0, 0.1) is 0 Å². The zero-order valence-electron chi connectivity index (χ0n) is 16.4. The lowest BCUT2D eigenvalue weighted by Crippen LogP contribution is -2.49. The van der Waals surface area contributed by atoms with Gasteiger partial charge in [-0.3, -0.25) is 4.79 Å². The van der Waals surface area contributed by atoms with Crippen LogP contribution in [0.15, 0.2) is 46.9 Å². The van der Waals surface area contributed by atoms with E-state index in [0.29, 0.717) is 13.0 Å². The van der Waals surface area contributed by atoms with Gasteiger partial charge in [0.15, 0.2) is 0 Å². The second-order valence-electron chi connectivity index (χ2n) is 7.54. The topological polar surface area (TPSA) is 32.8 Å². The van der Waals surface area contributed by atoms with E-state index in [1.165, 1.54) is 16.8 Å². The summed E-state index contributed by atoms with van der Waals surface area (Å²) in [5, 5.41) is 0. The molecule has 4 nitrogen and oxygen atoms in total. The number of amides is 1. The number of hydrogen-bond donors (Lipinski definition) is 0. The molecule has 0 unspecified atom stereocenters. The van der Waals surface area contributed by atoms with Crippen LogP contribution in [0.4, 0.5) is 5.69 Å². The van der Waals surface area contributed by atoms with Gasteiger partial charge in [0.2, 0.25) is 5.91 Å². The molecule has 0 saturated carbocycles. The molecule has 28 heavy (non-hydrogen) atoms. The maximum Gasteiger partial charge on any atom is 0.225 e. The molecule has 0 radical (unpaired) electrons. The Morgan fingerprint density at radius 2 is 1.86 bits per heavy atom. The fourth-order valence-corrected chi connectivity index (χ4v) is 4.53. The summed E-state index contributed by atoms with van der Waals surface area (Å²) < 4.78 is 7.03. The summed E-state index contributed by atoms with van der Waals surface area (Å²) >= 11 is 3.54. The van der Waals surface area contributed by atoms with E-state index in [2.05, 4.69) is 64.2 Å². The summed E-state index contributed by atoms with van der Waals surface area (Å²) in [6.45, 7) is 6.16. The number of hydrogen-bond acceptors (Lipinski definition) is 3. The van der Waals surface area contributed by atoms with Gasteiger partial charge in [0.1, 0.15) is 0 Å². The summed E-state index contributed by atoms with van der Waals surface area (Å²) in [6, 6.07) is 15.1. The first-order valence-corrected chi connectivity index (χ1v) is 10.9. The van der Waals surface area contributed by atoms with Gasteiger partial charge >= 0.3 is 0 Å². The molecule has 4 rings (SSSR count). The molecule has 0 bridgehead atoms. The van der Waals surface area contributed by atoms with Crippen LogP contribution in [0.1, 0.15) is 36.1 Å². The van der Waals surface area contributed by atoms with Crippen molar-refractivity contribution in [3.05, 3.63) is 63.6 Å². The van der Waals surface area contributed by atoms with Crippen molar-refractivity contribution in [1.82, 2.24) is 4.90 Å². The van der Waals surface area contributed by atoms with E-state index < -0.39 is 0 Å². The highest BCUT2D eigenvalue weighted by Gasteiger charge is 2.27. The van der Waals surface area contributed by atoms with Crippen molar-refractivity contribution in [1.29, 1.82) is 0 Å². The summed E-state index contributed by atoms with van der Waals surface area (Å²) in [6.07, 6.45) is 2.28. The predicted molar refractivity (Wildman–Crippen MR) is 116 cm³/mol. The maximum absolute atomic E-state index is 12.9. The fraction of sp³-hybridized carbons (Fsp3) is 0.435. The van der Waals surface area contributed by atoms with E-state index >= 15 is 0 Å². The lowest BCUT2D eigenvalue weighted by atomic mass is 9.95. The molecule has 2 aliphatic rings. The quantitative estimate of drug-likeness (QED) is 0.704. The molecule has 2 aromatic rings. The highest BCUT2D eigenvalue weighted by atomic mass is 79.9. The van der Waals surface area contributed by atoms with Crippen LogP contribution in [0.2, 0.25) is 0 Å². The minimum atomic E-state index is -0.121. The third-order valence-corrected chi connectivity index (χ3v) is 6.34. The van der Waals surface area contributed by atoms with E-state index in [1.54, 1.807) is 0 Å². The van der Waals surface area contributed by atoms with Crippen LogP contribution in [-0.2, 0) is 22.4 Å². The maximum atomic E-state index is 12.9. The normalized spacial score (nSPS) is 19.4. The third-order valence-electron chi connectivity index (χ3n) is 5.84. The molecule has 0 aromatic heterocycles. The minimum absolute atomic E-state index is 0.121. The molecule has 0 spiro atoms. The molecule has 5 heteroatoms. The van der Waals surface area contributed by atoms with E-state index in [9.17, 15) is 4.79 Å². The Bertz CT molecular complexity index is 829. The number of ether oxygens (including phenoxy) is 1. The van der Waals surface area contributed by atoms with Crippen LogP contribution in [-0.4, -0.2) is 43.6 Å². The van der Waals surface area contributed by atoms with Crippen molar-refractivity contribution in [2.45, 2.75) is 32.3 Å². The first-order chi connectivity index (χ1) is 13.6. The SMILES string of the molecule is CCc1ccc(N2CCN(C(=O)C[C@@H]3OCCc4cc(Br)ccc43)CC2)cc1. The number of piperazine rings is 1. The molecule has 2 heterocycles. The molecule has 148 valence electrons. The third kappa shape index (κ3) is 4.26. The molecule has 0 aliphatic carbocycles. The number of anilines is 1. The van der Waals surface area contributed by atoms with Crippen molar-refractivity contribution in [3.8, 4) is 0 Å². The molecule has 1 atom stereocenters. The molecule has 0 N–H and O–H groups in total. The number of carbonyl (C=O) groups excluding carboxylic acids is 1. The van der Waals surface area contributed by atoms with Crippen LogP contribution >= 0.6 is 15.9 Å². The van der Waals surface area contributed by atoms with Gasteiger partial charge in [0.05, 0.1) is 19.1 Å². The molecule has 1 fully saturated rings. The first kappa shape index (κ1) is 19.5. The molecule has 1 amide bonds. The number of carbonyl (C=O) groups is 1. The van der Waals surface area contributed by atoms with Gasteiger partial charge in [0.25, 0.3) is 0 Å². The second kappa shape index (κ2) is 8.66. The van der Waals surface area contributed by atoms with Crippen LogP contribution < -0.4 is 4.90 Å². The van der Waals surface area contributed by atoms with E-state index in [4.69, 9.17) is 4.74 Å². The Hall–Kier alpha value is -1.85. The average molecular weight is 443 g/mol. The fourth-order valence-electron chi connectivity index (χ4n) is 4.12. The van der Waals surface area contributed by atoms with Gasteiger partial charge in [-0.25, -0.2) is 0 Å². The number of benzene rings is 2. The molecular weight excluding hydrogens is 416 g/mol. The summed E-state index contributed by atoms with van der Waals surface area (Å²) in [4.78, 5) is 17.2. The standard InChI is InChI=1S/C23H27BrN2O2/c1-2-17-3-6-20(7-4-17)25-10-12-26(13-11-25)23(27)16-22-21-8-5-19(24)15-18(21)9-14-28-22/h3-8,15,22H,2,9-14,16H2,1H3/t22-/m0/s1.